The first-order valence-electron chi connectivity index (χ1n) is 7.43. The van der Waals surface area contributed by atoms with Crippen LogP contribution in [0.25, 0.3) is 0 Å². The highest BCUT2D eigenvalue weighted by molar-refractivity contribution is 5.97. The van der Waals surface area contributed by atoms with E-state index in [0.717, 1.165) is 5.56 Å². The molecule has 6 heteroatoms. The number of ether oxygens (including phenoxy) is 1. The SMILES string of the molecule is Cc1noc(C(C)C)c1C(=O)NCC(=O)OCc1ccccc1. The van der Waals surface area contributed by atoms with Crippen molar-refractivity contribution in [2.45, 2.75) is 33.3 Å². The van der Waals surface area contributed by atoms with Gasteiger partial charge in [0.2, 0.25) is 0 Å². The highest BCUT2D eigenvalue weighted by atomic mass is 16.5. The number of aromatic nitrogens is 1. The van der Waals surface area contributed by atoms with Crippen LogP contribution in [-0.4, -0.2) is 23.6 Å². The third kappa shape index (κ3) is 4.42. The van der Waals surface area contributed by atoms with Crippen molar-refractivity contribution in [1.29, 1.82) is 0 Å². The Morgan fingerprint density at radius 3 is 2.61 bits per heavy atom. The number of nitrogens with one attached hydrogen (secondary N) is 1. The van der Waals surface area contributed by atoms with E-state index in [2.05, 4.69) is 10.5 Å². The van der Waals surface area contributed by atoms with Gasteiger partial charge >= 0.3 is 5.97 Å². The minimum atomic E-state index is -0.498. The van der Waals surface area contributed by atoms with Crippen molar-refractivity contribution < 1.29 is 18.8 Å². The van der Waals surface area contributed by atoms with Crippen LogP contribution in [0.15, 0.2) is 34.9 Å². The van der Waals surface area contributed by atoms with Gasteiger partial charge in [-0.05, 0) is 12.5 Å². The average Bonchev–Trinajstić information content (AvgIpc) is 2.93. The summed E-state index contributed by atoms with van der Waals surface area (Å²) in [6, 6.07) is 9.35. The number of hydrogen-bond acceptors (Lipinski definition) is 5. The molecule has 1 aromatic heterocycles. The number of esters is 1. The lowest BCUT2D eigenvalue weighted by Gasteiger charge is -2.08. The zero-order chi connectivity index (χ0) is 16.8. The van der Waals surface area contributed by atoms with Crippen LogP contribution in [0.3, 0.4) is 0 Å². The second-order valence-corrected chi connectivity index (χ2v) is 5.49. The van der Waals surface area contributed by atoms with E-state index in [-0.39, 0.29) is 25.0 Å². The topological polar surface area (TPSA) is 81.4 Å². The Morgan fingerprint density at radius 1 is 1.26 bits per heavy atom. The van der Waals surface area contributed by atoms with Crippen molar-refractivity contribution in [2.75, 3.05) is 6.54 Å². The van der Waals surface area contributed by atoms with Crippen LogP contribution in [0.4, 0.5) is 0 Å². The average molecular weight is 316 g/mol. The summed E-state index contributed by atoms with van der Waals surface area (Å²) in [5, 5.41) is 6.35. The normalized spacial score (nSPS) is 10.6. The molecule has 2 aromatic rings. The molecule has 0 fully saturated rings. The number of carbonyl (C=O) groups excluding carboxylic acids is 2. The van der Waals surface area contributed by atoms with Gasteiger partial charge < -0.3 is 14.6 Å². The van der Waals surface area contributed by atoms with Gasteiger partial charge in [0.1, 0.15) is 18.7 Å². The zero-order valence-corrected chi connectivity index (χ0v) is 13.5. The van der Waals surface area contributed by atoms with Crippen molar-refractivity contribution >= 4 is 11.9 Å². The van der Waals surface area contributed by atoms with Crippen molar-refractivity contribution in [1.82, 2.24) is 10.5 Å². The van der Waals surface area contributed by atoms with E-state index in [1.807, 2.05) is 44.2 Å². The van der Waals surface area contributed by atoms with Gasteiger partial charge in [-0.15, -0.1) is 0 Å². The van der Waals surface area contributed by atoms with Crippen LogP contribution in [0.1, 0.15) is 47.1 Å². The molecule has 0 spiro atoms. The minimum Gasteiger partial charge on any atom is -0.460 e. The number of benzene rings is 1. The molecule has 0 aliphatic carbocycles. The van der Waals surface area contributed by atoms with Crippen LogP contribution in [0.2, 0.25) is 0 Å². The maximum absolute atomic E-state index is 12.2. The van der Waals surface area contributed by atoms with E-state index >= 15 is 0 Å². The molecule has 0 saturated heterocycles. The van der Waals surface area contributed by atoms with E-state index in [1.165, 1.54) is 0 Å². The fraction of sp³-hybridized carbons (Fsp3) is 0.353. The molecular formula is C17H20N2O4. The molecule has 6 nitrogen and oxygen atoms in total. The molecule has 0 radical (unpaired) electrons. The van der Waals surface area contributed by atoms with Crippen molar-refractivity contribution in [3.63, 3.8) is 0 Å². The Labute approximate surface area is 134 Å². The van der Waals surface area contributed by atoms with Gasteiger partial charge in [-0.1, -0.05) is 49.3 Å². The maximum atomic E-state index is 12.2. The van der Waals surface area contributed by atoms with Crippen molar-refractivity contribution in [2.24, 2.45) is 0 Å². The molecule has 0 bridgehead atoms. The third-order valence-corrected chi connectivity index (χ3v) is 3.28. The molecular weight excluding hydrogens is 296 g/mol. The Hall–Kier alpha value is -2.63. The van der Waals surface area contributed by atoms with Gasteiger partial charge in [0.05, 0.1) is 5.69 Å². The van der Waals surface area contributed by atoms with Gasteiger partial charge in [-0.3, -0.25) is 9.59 Å². The van der Waals surface area contributed by atoms with E-state index in [9.17, 15) is 9.59 Å². The van der Waals surface area contributed by atoms with Crippen LogP contribution in [-0.2, 0) is 16.1 Å². The number of amides is 1. The highest BCUT2D eigenvalue weighted by Gasteiger charge is 2.22. The molecule has 122 valence electrons. The molecule has 0 atom stereocenters. The first-order valence-corrected chi connectivity index (χ1v) is 7.43. The molecule has 1 aromatic carbocycles. The summed E-state index contributed by atoms with van der Waals surface area (Å²) >= 11 is 0. The number of hydrogen-bond donors (Lipinski definition) is 1. The predicted octanol–water partition coefficient (Wildman–Crippen LogP) is 2.58. The van der Waals surface area contributed by atoms with Crippen molar-refractivity contribution in [3.05, 3.63) is 52.9 Å². The quantitative estimate of drug-likeness (QED) is 0.828. The first-order chi connectivity index (χ1) is 11.0. The molecule has 0 aliphatic rings. The largest absolute Gasteiger partial charge is 0.460 e. The predicted molar refractivity (Wildman–Crippen MR) is 83.9 cm³/mol. The number of rotatable bonds is 6. The molecule has 0 saturated carbocycles. The zero-order valence-electron chi connectivity index (χ0n) is 13.5. The molecule has 0 aliphatic heterocycles. The Kier molecular flexibility index (Phi) is 5.51. The van der Waals surface area contributed by atoms with E-state index < -0.39 is 5.97 Å². The lowest BCUT2D eigenvalue weighted by molar-refractivity contribution is -0.143. The van der Waals surface area contributed by atoms with Gasteiger partial charge in [-0.25, -0.2) is 0 Å². The lowest BCUT2D eigenvalue weighted by atomic mass is 10.0. The summed E-state index contributed by atoms with van der Waals surface area (Å²) in [4.78, 5) is 23.9. The first kappa shape index (κ1) is 16.7. The molecule has 1 heterocycles. The second kappa shape index (κ2) is 7.58. The highest BCUT2D eigenvalue weighted by Crippen LogP contribution is 2.21. The minimum absolute atomic E-state index is 0.0296. The van der Waals surface area contributed by atoms with Crippen LogP contribution in [0.5, 0.6) is 0 Å². The summed E-state index contributed by atoms with van der Waals surface area (Å²) < 4.78 is 10.3. The summed E-state index contributed by atoms with van der Waals surface area (Å²) in [6.45, 7) is 5.49. The Morgan fingerprint density at radius 2 is 1.96 bits per heavy atom. The summed E-state index contributed by atoms with van der Waals surface area (Å²) in [7, 11) is 0. The van der Waals surface area contributed by atoms with Gasteiger partial charge in [0, 0.05) is 5.92 Å². The van der Waals surface area contributed by atoms with E-state index in [4.69, 9.17) is 9.26 Å². The standard InChI is InChI=1S/C17H20N2O4/c1-11(2)16-15(12(3)19-23-16)17(21)18-9-14(20)22-10-13-7-5-4-6-8-13/h4-8,11H,9-10H2,1-3H3,(H,18,21). The summed E-state index contributed by atoms with van der Waals surface area (Å²) in [5.74, 6) is -0.342. The van der Waals surface area contributed by atoms with Crippen LogP contribution >= 0.6 is 0 Å². The molecule has 23 heavy (non-hydrogen) atoms. The summed E-state index contributed by atoms with van der Waals surface area (Å²) in [5.41, 5.74) is 1.78. The Balaban J connectivity index is 1.87. The monoisotopic (exact) mass is 316 g/mol. The number of aryl methyl sites for hydroxylation is 1. The fourth-order valence-corrected chi connectivity index (χ4v) is 2.09. The van der Waals surface area contributed by atoms with Gasteiger partial charge in [-0.2, -0.15) is 0 Å². The van der Waals surface area contributed by atoms with Crippen LogP contribution < -0.4 is 5.32 Å². The molecule has 0 unspecified atom stereocenters. The number of nitrogens with zero attached hydrogens (tertiary/aromatic N) is 1. The molecule has 2 rings (SSSR count). The molecule has 1 amide bonds. The smallest absolute Gasteiger partial charge is 0.325 e. The van der Waals surface area contributed by atoms with Crippen molar-refractivity contribution in [3.8, 4) is 0 Å². The molecule has 1 N–H and O–H groups in total. The summed E-state index contributed by atoms with van der Waals surface area (Å²) in [6.07, 6.45) is 0. The van der Waals surface area contributed by atoms with Gasteiger partial charge in [0.15, 0.2) is 5.76 Å². The van der Waals surface area contributed by atoms with Gasteiger partial charge in [0.25, 0.3) is 5.91 Å². The van der Waals surface area contributed by atoms with E-state index in [1.54, 1.807) is 6.92 Å². The maximum Gasteiger partial charge on any atom is 0.325 e. The van der Waals surface area contributed by atoms with E-state index in [0.29, 0.717) is 17.0 Å². The van der Waals surface area contributed by atoms with Crippen LogP contribution in [0, 0.1) is 6.92 Å². The third-order valence-electron chi connectivity index (χ3n) is 3.28. The fourth-order valence-electron chi connectivity index (χ4n) is 2.09. The second-order valence-electron chi connectivity index (χ2n) is 5.49. The lowest BCUT2D eigenvalue weighted by Crippen LogP contribution is -2.31. The number of carbonyl (C=O) groups is 2. The Bertz CT molecular complexity index is 677.